The van der Waals surface area contributed by atoms with Gasteiger partial charge < -0.3 is 13.7 Å². The third-order valence-electron chi connectivity index (χ3n) is 17.7. The van der Waals surface area contributed by atoms with E-state index in [1.54, 1.807) is 0 Å². The summed E-state index contributed by atoms with van der Waals surface area (Å²) < 4.78 is 7.53. The first-order chi connectivity index (χ1) is 41.2. The van der Waals surface area contributed by atoms with Crippen molar-refractivity contribution in [2.45, 2.75) is 0 Å². The maximum atomic E-state index is 2.60. The van der Waals surface area contributed by atoms with Crippen molar-refractivity contribution in [1.82, 2.24) is 13.7 Å². The Morgan fingerprint density at radius 3 is 0.602 bits per heavy atom. The number of fused-ring (bicyclic) bond motifs is 9. The van der Waals surface area contributed by atoms with Crippen molar-refractivity contribution in [1.29, 1.82) is 0 Å². The van der Waals surface area contributed by atoms with Gasteiger partial charge in [0.15, 0.2) is 16.1 Å². The summed E-state index contributed by atoms with van der Waals surface area (Å²) in [7, 11) is -5.97. The van der Waals surface area contributed by atoms with E-state index in [-0.39, 0.29) is 0 Å². The molecule has 13 aromatic carbocycles. The molecule has 5 heteroatoms. The third kappa shape index (κ3) is 7.49. The van der Waals surface area contributed by atoms with Crippen LogP contribution >= 0.6 is 0 Å². The Morgan fingerprint density at radius 2 is 0.361 bits per heavy atom. The molecule has 3 nitrogen and oxygen atoms in total. The molecule has 0 aliphatic heterocycles. The highest BCUT2D eigenvalue weighted by Crippen LogP contribution is 2.39. The van der Waals surface area contributed by atoms with Crippen LogP contribution in [0.4, 0.5) is 0 Å². The molecule has 0 amide bonds. The fourth-order valence-corrected chi connectivity index (χ4v) is 23.8. The first-order valence-corrected chi connectivity index (χ1v) is 32.7. The first-order valence-electron chi connectivity index (χ1n) is 28.7. The van der Waals surface area contributed by atoms with Crippen molar-refractivity contribution >= 4 is 123 Å². The molecule has 0 atom stereocenters. The number of hydrogen-bond acceptors (Lipinski definition) is 0. The molecule has 0 aliphatic rings. The van der Waals surface area contributed by atoms with Gasteiger partial charge in [0.2, 0.25) is 0 Å². The molecule has 16 aromatic rings. The average molecular weight is 1090 g/mol. The second-order valence-electron chi connectivity index (χ2n) is 21.9. The molecule has 83 heavy (non-hydrogen) atoms. The van der Waals surface area contributed by atoms with Crippen molar-refractivity contribution < 1.29 is 0 Å². The summed E-state index contributed by atoms with van der Waals surface area (Å²) in [6, 6.07) is 126. The summed E-state index contributed by atoms with van der Waals surface area (Å²) in [5.74, 6) is 0. The van der Waals surface area contributed by atoms with Gasteiger partial charge in [0.05, 0.1) is 50.2 Å². The van der Waals surface area contributed by atoms with Gasteiger partial charge in [-0.15, -0.1) is 0 Å². The van der Waals surface area contributed by atoms with Gasteiger partial charge in [-0.2, -0.15) is 0 Å². The molecular weight excluding hydrogens is 1040 g/mol. The summed E-state index contributed by atoms with van der Waals surface area (Å²) in [4.78, 5) is 0. The van der Waals surface area contributed by atoms with E-state index < -0.39 is 16.1 Å². The second-order valence-corrected chi connectivity index (χ2v) is 29.6. The Hall–Kier alpha value is -10.3. The van der Waals surface area contributed by atoms with Crippen LogP contribution in [0, 0.1) is 0 Å². The topological polar surface area (TPSA) is 14.8 Å². The Balaban J connectivity index is 1.06. The Morgan fingerprint density at radius 1 is 0.157 bits per heavy atom. The lowest BCUT2D eigenvalue weighted by Gasteiger charge is -2.34. The highest BCUT2D eigenvalue weighted by atomic mass is 28.3. The summed E-state index contributed by atoms with van der Waals surface area (Å²) in [5.41, 5.74) is 10.2. The smallest absolute Gasteiger partial charge is 0.179 e. The zero-order valence-electron chi connectivity index (χ0n) is 45.6. The monoisotopic (exact) mass is 1090 g/mol. The van der Waals surface area contributed by atoms with Gasteiger partial charge >= 0.3 is 0 Å². The molecule has 16 rings (SSSR count). The molecule has 0 unspecified atom stereocenters. The maximum absolute atomic E-state index is 2.99. The molecule has 0 spiro atoms. The van der Waals surface area contributed by atoms with Crippen molar-refractivity contribution in [3.8, 4) is 17.1 Å². The van der Waals surface area contributed by atoms with Gasteiger partial charge in [-0.1, -0.05) is 279 Å². The molecule has 390 valence electrons. The summed E-state index contributed by atoms with van der Waals surface area (Å²) in [5, 5.41) is 18.1. The van der Waals surface area contributed by atoms with Gasteiger partial charge in [0.1, 0.15) is 0 Å². The van der Waals surface area contributed by atoms with Crippen LogP contribution in [0.3, 0.4) is 0 Å². The van der Waals surface area contributed by atoms with E-state index in [0.717, 1.165) is 28.1 Å². The second kappa shape index (κ2) is 19.7. The third-order valence-corrected chi connectivity index (χ3v) is 27.2. The summed E-state index contributed by atoms with van der Waals surface area (Å²) >= 11 is 0. The van der Waals surface area contributed by atoms with Crippen LogP contribution in [0.1, 0.15) is 0 Å². The molecule has 0 fully saturated rings. The molecule has 3 heterocycles. The number of para-hydroxylation sites is 4. The van der Waals surface area contributed by atoms with E-state index >= 15 is 0 Å². The predicted octanol–water partition coefficient (Wildman–Crippen LogP) is 13.7. The quantitative estimate of drug-likeness (QED) is 0.0906. The Bertz CT molecular complexity index is 4450. The van der Waals surface area contributed by atoms with E-state index in [1.165, 1.54) is 95.9 Å². The SMILES string of the molecule is c1ccc([Si](c2ccccc2)(c2ccccc2)c2ccc3c(c2)c2cc([Si](c4ccccc4)(c4ccccc4)c4ccccc4)ccc2n3-c2cc(-n3c4ccccc4c4ccccc43)cc(-n3c4ccccc4c4ccccc43)c2)cc1. The minimum absolute atomic E-state index is 1.08. The number of benzene rings is 13. The van der Waals surface area contributed by atoms with Gasteiger partial charge in [0.25, 0.3) is 0 Å². The zero-order valence-corrected chi connectivity index (χ0v) is 47.6. The maximum Gasteiger partial charge on any atom is 0.179 e. The molecule has 3 aromatic heterocycles. The molecule has 0 radical (unpaired) electrons. The van der Waals surface area contributed by atoms with E-state index in [9.17, 15) is 0 Å². The summed E-state index contributed by atoms with van der Waals surface area (Å²) in [6.07, 6.45) is 0. The van der Waals surface area contributed by atoms with Crippen molar-refractivity contribution in [3.63, 3.8) is 0 Å². The molecular formula is C78H55N3Si2. The highest BCUT2D eigenvalue weighted by Gasteiger charge is 2.43. The van der Waals surface area contributed by atoms with Crippen LogP contribution in [0.2, 0.25) is 0 Å². The van der Waals surface area contributed by atoms with Gasteiger partial charge in [-0.3, -0.25) is 0 Å². The lowest BCUT2D eigenvalue weighted by atomic mass is 10.1. The largest absolute Gasteiger partial charge is 0.309 e. The Labute approximate surface area is 484 Å². The van der Waals surface area contributed by atoms with Crippen molar-refractivity contribution in [3.05, 3.63) is 334 Å². The van der Waals surface area contributed by atoms with Crippen LogP contribution in [0.5, 0.6) is 0 Å². The van der Waals surface area contributed by atoms with Crippen LogP contribution < -0.4 is 41.5 Å². The van der Waals surface area contributed by atoms with E-state index in [2.05, 4.69) is 347 Å². The predicted molar refractivity (Wildman–Crippen MR) is 357 cm³/mol. The van der Waals surface area contributed by atoms with Gasteiger partial charge in [-0.05, 0) is 96.1 Å². The lowest BCUT2D eigenvalue weighted by Crippen LogP contribution is -2.74. The van der Waals surface area contributed by atoms with Crippen molar-refractivity contribution in [2.24, 2.45) is 0 Å². The number of nitrogens with zero attached hydrogens (tertiary/aromatic N) is 3. The lowest BCUT2D eigenvalue weighted by molar-refractivity contribution is 1.10. The number of rotatable bonds is 11. The van der Waals surface area contributed by atoms with Crippen molar-refractivity contribution in [2.75, 3.05) is 0 Å². The minimum Gasteiger partial charge on any atom is -0.309 e. The zero-order chi connectivity index (χ0) is 54.9. The number of aromatic nitrogens is 3. The molecule has 0 bridgehead atoms. The molecule has 0 N–H and O–H groups in total. The van der Waals surface area contributed by atoms with Gasteiger partial charge in [0, 0.05) is 32.3 Å². The fourth-order valence-electron chi connectivity index (χ4n) is 14.3. The first kappa shape index (κ1) is 48.6. The molecule has 0 saturated heterocycles. The van der Waals surface area contributed by atoms with E-state index in [4.69, 9.17) is 0 Å². The number of hydrogen-bond donors (Lipinski definition) is 0. The van der Waals surface area contributed by atoms with Crippen LogP contribution in [0.25, 0.3) is 82.5 Å². The highest BCUT2D eigenvalue weighted by molar-refractivity contribution is 7.20. The van der Waals surface area contributed by atoms with Crippen LogP contribution in [-0.2, 0) is 0 Å². The van der Waals surface area contributed by atoms with E-state index in [0.29, 0.717) is 0 Å². The Kier molecular flexibility index (Phi) is 11.6. The average Bonchev–Trinajstić information content (AvgIpc) is 3.42. The van der Waals surface area contributed by atoms with Gasteiger partial charge in [-0.25, -0.2) is 0 Å². The minimum atomic E-state index is -2.99. The fraction of sp³-hybridized carbons (Fsp3) is 0. The van der Waals surface area contributed by atoms with Crippen LogP contribution in [-0.4, -0.2) is 29.8 Å². The van der Waals surface area contributed by atoms with Crippen LogP contribution in [0.15, 0.2) is 334 Å². The summed E-state index contributed by atoms with van der Waals surface area (Å²) in [6.45, 7) is 0. The normalized spacial score (nSPS) is 12.1. The molecule has 0 saturated carbocycles. The van der Waals surface area contributed by atoms with E-state index in [1.807, 2.05) is 0 Å². The standard InChI is InChI=1S/C78H55N3Si2/c1-7-27-59(28-8-1)82(60-29-9-2-10-30-60,61-31-11-3-12-32-61)65-47-49-77-71(54-65)72-55-66(83(62-33-13-4-14-34-62,63-35-15-5-16-36-63)64-37-17-6-18-38-64)48-50-78(72)81(77)58-52-56(79-73-43-23-19-39-67(73)68-40-20-24-44-74(68)79)51-57(53-58)80-75-45-25-21-41-69(75)70-42-22-26-46-76(70)80/h1-55H. The molecule has 0 aliphatic carbocycles.